The average Bonchev–Trinajstić information content (AvgIpc) is 2.52. The number of ether oxygens (including phenoxy) is 2. The first kappa shape index (κ1) is 14.3. The molecule has 2 aromatic rings. The highest BCUT2D eigenvalue weighted by atomic mass is 16.5. The van der Waals surface area contributed by atoms with Gasteiger partial charge in [0, 0.05) is 6.20 Å². The quantitative estimate of drug-likeness (QED) is 0.621. The van der Waals surface area contributed by atoms with Crippen LogP contribution in [0.1, 0.15) is 17.2 Å². The Morgan fingerprint density at radius 1 is 1.15 bits per heavy atom. The minimum Gasteiger partial charge on any atom is -0.497 e. The molecule has 0 aliphatic rings. The number of nitrogens with one attached hydrogen (secondary N) is 1. The number of hydrogen-bond donors (Lipinski definition) is 2. The van der Waals surface area contributed by atoms with Crippen LogP contribution in [-0.4, -0.2) is 19.2 Å². The molecule has 5 heteroatoms. The summed E-state index contributed by atoms with van der Waals surface area (Å²) in [4.78, 5) is 4.15. The summed E-state index contributed by atoms with van der Waals surface area (Å²) < 4.78 is 10.4. The Morgan fingerprint density at radius 2 is 1.95 bits per heavy atom. The van der Waals surface area contributed by atoms with Crippen molar-refractivity contribution in [1.82, 2.24) is 10.4 Å². The number of hydrogen-bond acceptors (Lipinski definition) is 5. The number of nitrogens with zero attached hydrogens (tertiary/aromatic N) is 1. The van der Waals surface area contributed by atoms with Crippen molar-refractivity contribution in [2.24, 2.45) is 5.84 Å². The maximum Gasteiger partial charge on any atom is 0.137 e. The van der Waals surface area contributed by atoms with Crippen molar-refractivity contribution in [2.75, 3.05) is 14.2 Å². The molecule has 0 amide bonds. The fourth-order valence-corrected chi connectivity index (χ4v) is 2.05. The van der Waals surface area contributed by atoms with E-state index in [9.17, 15) is 0 Å². The van der Waals surface area contributed by atoms with Crippen LogP contribution in [0.2, 0.25) is 0 Å². The molecule has 20 heavy (non-hydrogen) atoms. The summed E-state index contributed by atoms with van der Waals surface area (Å²) in [6.45, 7) is 0. The molecule has 2 rings (SSSR count). The Kier molecular flexibility index (Phi) is 4.92. The number of hydrazine groups is 1. The molecule has 1 atom stereocenters. The lowest BCUT2D eigenvalue weighted by molar-refractivity contribution is 0.410. The Bertz CT molecular complexity index is 560. The van der Waals surface area contributed by atoms with Crippen molar-refractivity contribution in [3.8, 4) is 11.5 Å². The van der Waals surface area contributed by atoms with E-state index in [0.29, 0.717) is 5.75 Å². The lowest BCUT2D eigenvalue weighted by Gasteiger charge is -2.17. The molecule has 1 aromatic heterocycles. The lowest BCUT2D eigenvalue weighted by Crippen LogP contribution is -2.29. The molecule has 0 aliphatic carbocycles. The first-order chi connectivity index (χ1) is 9.76. The van der Waals surface area contributed by atoms with Crippen LogP contribution in [0.3, 0.4) is 0 Å². The molecule has 1 aromatic carbocycles. The van der Waals surface area contributed by atoms with Gasteiger partial charge in [0.2, 0.25) is 0 Å². The zero-order chi connectivity index (χ0) is 14.4. The normalized spacial score (nSPS) is 11.9. The molecule has 1 heterocycles. The third-order valence-corrected chi connectivity index (χ3v) is 3.15. The van der Waals surface area contributed by atoms with Gasteiger partial charge in [-0.1, -0.05) is 12.1 Å². The van der Waals surface area contributed by atoms with Gasteiger partial charge in [0.1, 0.15) is 11.5 Å². The monoisotopic (exact) mass is 273 g/mol. The maximum absolute atomic E-state index is 5.66. The van der Waals surface area contributed by atoms with E-state index < -0.39 is 0 Å². The van der Waals surface area contributed by atoms with Crippen LogP contribution >= 0.6 is 0 Å². The van der Waals surface area contributed by atoms with Crippen LogP contribution in [0.15, 0.2) is 42.7 Å². The van der Waals surface area contributed by atoms with Crippen molar-refractivity contribution in [3.63, 3.8) is 0 Å². The second-order valence-corrected chi connectivity index (χ2v) is 4.43. The van der Waals surface area contributed by atoms with Crippen molar-refractivity contribution >= 4 is 0 Å². The predicted molar refractivity (Wildman–Crippen MR) is 77.6 cm³/mol. The summed E-state index contributed by atoms with van der Waals surface area (Å²) in [5, 5.41) is 0. The Morgan fingerprint density at radius 3 is 2.65 bits per heavy atom. The van der Waals surface area contributed by atoms with Gasteiger partial charge in [-0.2, -0.15) is 0 Å². The Labute approximate surface area is 118 Å². The molecule has 5 nitrogen and oxygen atoms in total. The van der Waals surface area contributed by atoms with E-state index in [1.807, 2.05) is 30.3 Å². The van der Waals surface area contributed by atoms with Gasteiger partial charge in [0.15, 0.2) is 0 Å². The van der Waals surface area contributed by atoms with Gasteiger partial charge in [-0.15, -0.1) is 0 Å². The molecule has 3 N–H and O–H groups in total. The van der Waals surface area contributed by atoms with E-state index in [1.54, 1.807) is 26.6 Å². The van der Waals surface area contributed by atoms with E-state index in [1.165, 1.54) is 0 Å². The number of nitrogens with two attached hydrogens (primary N) is 1. The van der Waals surface area contributed by atoms with Gasteiger partial charge in [-0.25, -0.2) is 0 Å². The maximum atomic E-state index is 5.66. The largest absolute Gasteiger partial charge is 0.497 e. The molecule has 0 aliphatic heterocycles. The van der Waals surface area contributed by atoms with Crippen LogP contribution < -0.4 is 20.7 Å². The molecule has 0 saturated carbocycles. The van der Waals surface area contributed by atoms with Gasteiger partial charge in [-0.3, -0.25) is 16.3 Å². The topological polar surface area (TPSA) is 69.4 Å². The SMILES string of the molecule is COc1cccc(CC(NN)c2cncc(OC)c2)c1. The third-order valence-electron chi connectivity index (χ3n) is 3.15. The number of rotatable bonds is 6. The van der Waals surface area contributed by atoms with Gasteiger partial charge >= 0.3 is 0 Å². The third kappa shape index (κ3) is 3.46. The fraction of sp³-hybridized carbons (Fsp3) is 0.267. The minimum absolute atomic E-state index is 0.0373. The highest BCUT2D eigenvalue weighted by molar-refractivity contribution is 5.31. The molecule has 106 valence electrons. The molecular weight excluding hydrogens is 254 g/mol. The molecule has 1 unspecified atom stereocenters. The predicted octanol–water partition coefficient (Wildman–Crippen LogP) is 1.85. The molecule has 0 bridgehead atoms. The summed E-state index contributed by atoms with van der Waals surface area (Å²) in [5.41, 5.74) is 4.93. The van der Waals surface area contributed by atoms with Gasteiger partial charge in [0.25, 0.3) is 0 Å². The van der Waals surface area contributed by atoms with Gasteiger partial charge in [0.05, 0.1) is 26.5 Å². The van der Waals surface area contributed by atoms with Crippen molar-refractivity contribution < 1.29 is 9.47 Å². The number of aromatic nitrogens is 1. The number of pyridine rings is 1. The minimum atomic E-state index is -0.0373. The summed E-state index contributed by atoms with van der Waals surface area (Å²) >= 11 is 0. The number of methoxy groups -OCH3 is 2. The van der Waals surface area contributed by atoms with Gasteiger partial charge in [-0.05, 0) is 35.7 Å². The zero-order valence-corrected chi connectivity index (χ0v) is 11.7. The summed E-state index contributed by atoms with van der Waals surface area (Å²) in [6.07, 6.45) is 4.19. The van der Waals surface area contributed by atoms with E-state index in [-0.39, 0.29) is 6.04 Å². The molecule has 0 fully saturated rings. The van der Waals surface area contributed by atoms with Crippen LogP contribution in [0, 0.1) is 0 Å². The molecule has 0 radical (unpaired) electrons. The average molecular weight is 273 g/mol. The lowest BCUT2D eigenvalue weighted by atomic mass is 10.0. The Balaban J connectivity index is 2.19. The summed E-state index contributed by atoms with van der Waals surface area (Å²) in [6, 6.07) is 9.81. The van der Waals surface area contributed by atoms with Crippen LogP contribution in [0.25, 0.3) is 0 Å². The van der Waals surface area contributed by atoms with E-state index in [0.717, 1.165) is 23.3 Å². The molecule has 0 spiro atoms. The van der Waals surface area contributed by atoms with Crippen molar-refractivity contribution in [3.05, 3.63) is 53.9 Å². The Hall–Kier alpha value is -2.11. The summed E-state index contributed by atoms with van der Waals surface area (Å²) in [5.74, 6) is 7.22. The molecule has 0 saturated heterocycles. The van der Waals surface area contributed by atoms with E-state index in [2.05, 4.69) is 10.4 Å². The number of benzene rings is 1. The fourth-order valence-electron chi connectivity index (χ4n) is 2.05. The van der Waals surface area contributed by atoms with Gasteiger partial charge < -0.3 is 9.47 Å². The smallest absolute Gasteiger partial charge is 0.137 e. The first-order valence-electron chi connectivity index (χ1n) is 6.35. The summed E-state index contributed by atoms with van der Waals surface area (Å²) in [7, 11) is 3.28. The molecular formula is C15H19N3O2. The van der Waals surface area contributed by atoms with Crippen LogP contribution in [0.4, 0.5) is 0 Å². The van der Waals surface area contributed by atoms with Crippen LogP contribution in [-0.2, 0) is 6.42 Å². The zero-order valence-electron chi connectivity index (χ0n) is 11.7. The van der Waals surface area contributed by atoms with Crippen molar-refractivity contribution in [1.29, 1.82) is 0 Å². The van der Waals surface area contributed by atoms with Crippen molar-refractivity contribution in [2.45, 2.75) is 12.5 Å². The van der Waals surface area contributed by atoms with E-state index in [4.69, 9.17) is 15.3 Å². The van der Waals surface area contributed by atoms with Crippen LogP contribution in [0.5, 0.6) is 11.5 Å². The standard InChI is InChI=1S/C15H19N3O2/c1-19-13-5-3-4-11(6-13)7-15(18-16)12-8-14(20-2)10-17-9-12/h3-6,8-10,15,18H,7,16H2,1-2H3. The van der Waals surface area contributed by atoms with E-state index >= 15 is 0 Å². The highest BCUT2D eigenvalue weighted by Crippen LogP contribution is 2.22. The first-order valence-corrected chi connectivity index (χ1v) is 6.35. The second-order valence-electron chi connectivity index (χ2n) is 4.43. The highest BCUT2D eigenvalue weighted by Gasteiger charge is 2.12. The second kappa shape index (κ2) is 6.88.